The summed E-state index contributed by atoms with van der Waals surface area (Å²) in [5, 5.41) is 1.08. The van der Waals surface area contributed by atoms with Gasteiger partial charge in [-0.15, -0.1) is 0 Å². The van der Waals surface area contributed by atoms with Crippen molar-refractivity contribution in [3.63, 3.8) is 0 Å². The van der Waals surface area contributed by atoms with Gasteiger partial charge in [0.25, 0.3) is 5.82 Å². The number of allylic oxidation sites excluding steroid dienone is 1. The fourth-order valence-electron chi connectivity index (χ4n) is 4.54. The molecule has 4 aromatic rings. The van der Waals surface area contributed by atoms with Gasteiger partial charge in [0.15, 0.2) is 0 Å². The number of aromatic nitrogens is 2. The first kappa shape index (κ1) is 18.7. The number of nitrogens with zero attached hydrogens (tertiary/aromatic N) is 3. The van der Waals surface area contributed by atoms with Crippen LogP contribution in [-0.4, -0.2) is 11.8 Å². The van der Waals surface area contributed by atoms with E-state index in [0.29, 0.717) is 0 Å². The lowest BCUT2D eigenvalue weighted by Gasteiger charge is -2.26. The average Bonchev–Trinajstić information content (AvgIpc) is 3.08. The number of anilines is 1. The van der Waals surface area contributed by atoms with Gasteiger partial charge in [-0.05, 0) is 56.9 Å². The van der Waals surface area contributed by atoms with Crippen LogP contribution in [0.4, 0.5) is 5.82 Å². The molecule has 0 atom stereocenters. The predicted octanol–water partition coefficient (Wildman–Crippen LogP) is 4.65. The molecule has 1 aromatic carbocycles. The van der Waals surface area contributed by atoms with E-state index in [1.807, 2.05) is 13.0 Å². The van der Waals surface area contributed by atoms with Crippen LogP contribution < -0.4 is 15.0 Å². The van der Waals surface area contributed by atoms with Gasteiger partial charge >= 0.3 is 6.85 Å². The van der Waals surface area contributed by atoms with Crippen LogP contribution in [0.2, 0.25) is 6.82 Å². The summed E-state index contributed by atoms with van der Waals surface area (Å²) in [6.45, 7) is 8.62. The summed E-state index contributed by atoms with van der Waals surface area (Å²) in [5.74, 6) is 1.14. The number of hydrogen-bond acceptors (Lipinski definition) is 3. The lowest BCUT2D eigenvalue weighted by Crippen LogP contribution is -2.52. The molecule has 30 heavy (non-hydrogen) atoms. The third-order valence-corrected chi connectivity index (χ3v) is 6.05. The van der Waals surface area contributed by atoms with Crippen LogP contribution in [0, 0.1) is 13.8 Å². The molecule has 5 heteroatoms. The summed E-state index contributed by atoms with van der Waals surface area (Å²) in [4.78, 5) is 6.94. The Kier molecular flexibility index (Phi) is 4.28. The van der Waals surface area contributed by atoms with Crippen LogP contribution in [0.1, 0.15) is 23.7 Å². The van der Waals surface area contributed by atoms with Crippen molar-refractivity contribution in [1.29, 1.82) is 0 Å². The standard InChI is InChI=1S/C25H25BN3O/c1-16-13-23(28(5)15-22(16)19-9-7-6-8-10-19)29-18(3)14-21-20-12-11-17(2)27-25(20)30-24(21)26(29)4/h6-15H,1-5H3/q+1. The first-order valence-corrected chi connectivity index (χ1v) is 10.4. The zero-order valence-electron chi connectivity index (χ0n) is 18.1. The second-order valence-corrected chi connectivity index (χ2v) is 8.22. The second kappa shape index (κ2) is 6.87. The van der Waals surface area contributed by atoms with Crippen LogP contribution in [0.15, 0.2) is 64.8 Å². The lowest BCUT2D eigenvalue weighted by molar-refractivity contribution is -0.657. The van der Waals surface area contributed by atoms with E-state index >= 15 is 0 Å². The Balaban J connectivity index is 1.62. The fraction of sp³-hybridized carbons (Fsp3) is 0.200. The van der Waals surface area contributed by atoms with Gasteiger partial charge in [0, 0.05) is 28.3 Å². The molecule has 0 aliphatic carbocycles. The van der Waals surface area contributed by atoms with Gasteiger partial charge in [-0.25, -0.2) is 9.55 Å². The van der Waals surface area contributed by atoms with E-state index in [9.17, 15) is 0 Å². The van der Waals surface area contributed by atoms with Crippen LogP contribution in [0.5, 0.6) is 0 Å². The summed E-state index contributed by atoms with van der Waals surface area (Å²) in [6.07, 6.45) is 4.44. The third kappa shape index (κ3) is 2.85. The highest BCUT2D eigenvalue weighted by molar-refractivity contribution is 6.76. The number of hydrogen-bond donors (Lipinski definition) is 0. The van der Waals surface area contributed by atoms with Crippen LogP contribution in [0.3, 0.4) is 0 Å². The van der Waals surface area contributed by atoms with Crippen LogP contribution in [-0.2, 0) is 7.05 Å². The highest BCUT2D eigenvalue weighted by atomic mass is 16.3. The lowest BCUT2D eigenvalue weighted by atomic mass is 9.57. The molecule has 0 spiro atoms. The zero-order valence-corrected chi connectivity index (χ0v) is 18.1. The molecule has 0 saturated carbocycles. The Morgan fingerprint density at radius 2 is 1.80 bits per heavy atom. The van der Waals surface area contributed by atoms with Gasteiger partial charge in [0.05, 0.1) is 18.9 Å². The van der Waals surface area contributed by atoms with E-state index < -0.39 is 0 Å². The van der Waals surface area contributed by atoms with Crippen molar-refractivity contribution in [1.82, 2.24) is 4.98 Å². The zero-order chi connectivity index (χ0) is 21.0. The summed E-state index contributed by atoms with van der Waals surface area (Å²) in [7, 11) is 2.11. The average molecular weight is 394 g/mol. The predicted molar refractivity (Wildman–Crippen MR) is 124 cm³/mol. The summed E-state index contributed by atoms with van der Waals surface area (Å²) < 4.78 is 8.45. The Bertz CT molecular complexity index is 1310. The van der Waals surface area contributed by atoms with Gasteiger partial charge in [-0.2, -0.15) is 0 Å². The molecule has 1 aliphatic rings. The van der Waals surface area contributed by atoms with Crippen molar-refractivity contribution in [2.75, 3.05) is 4.81 Å². The highest BCUT2D eigenvalue weighted by Crippen LogP contribution is 2.31. The van der Waals surface area contributed by atoms with Crippen molar-refractivity contribution in [3.8, 4) is 11.1 Å². The van der Waals surface area contributed by atoms with Gasteiger partial charge in [0.2, 0.25) is 5.71 Å². The maximum atomic E-state index is 6.24. The van der Waals surface area contributed by atoms with E-state index in [4.69, 9.17) is 4.42 Å². The van der Waals surface area contributed by atoms with Crippen molar-refractivity contribution >= 4 is 35.5 Å². The molecule has 4 heterocycles. The van der Waals surface area contributed by atoms with E-state index in [1.54, 1.807) is 0 Å². The molecule has 0 bridgehead atoms. The Morgan fingerprint density at radius 1 is 1.03 bits per heavy atom. The molecule has 148 valence electrons. The number of aryl methyl sites for hydroxylation is 3. The van der Waals surface area contributed by atoms with E-state index in [-0.39, 0.29) is 6.85 Å². The van der Waals surface area contributed by atoms with E-state index in [2.05, 4.69) is 96.8 Å². The maximum absolute atomic E-state index is 6.24. The number of benzene rings is 1. The Labute approximate surface area is 177 Å². The van der Waals surface area contributed by atoms with Gasteiger partial charge in [-0.1, -0.05) is 30.3 Å². The molecular formula is C25H25BN3O+. The van der Waals surface area contributed by atoms with Crippen molar-refractivity contribution in [2.45, 2.75) is 27.6 Å². The number of furan rings is 1. The van der Waals surface area contributed by atoms with Crippen LogP contribution >= 0.6 is 0 Å². The van der Waals surface area contributed by atoms with Crippen molar-refractivity contribution < 1.29 is 8.98 Å². The second-order valence-electron chi connectivity index (χ2n) is 8.22. The first-order valence-electron chi connectivity index (χ1n) is 10.4. The third-order valence-electron chi connectivity index (χ3n) is 6.05. The van der Waals surface area contributed by atoms with Gasteiger partial charge < -0.3 is 4.42 Å². The summed E-state index contributed by atoms with van der Waals surface area (Å²) >= 11 is 0. The summed E-state index contributed by atoms with van der Waals surface area (Å²) in [5.41, 5.74) is 8.74. The maximum Gasteiger partial charge on any atom is 0.447 e. The number of rotatable bonds is 2. The van der Waals surface area contributed by atoms with Gasteiger partial charge in [0.1, 0.15) is 5.66 Å². The molecule has 0 unspecified atom stereocenters. The Hall–Kier alpha value is -3.34. The molecule has 0 saturated heterocycles. The quantitative estimate of drug-likeness (QED) is 0.367. The molecule has 1 aliphatic heterocycles. The molecule has 0 amide bonds. The van der Waals surface area contributed by atoms with E-state index in [0.717, 1.165) is 33.8 Å². The Morgan fingerprint density at radius 3 is 2.57 bits per heavy atom. The molecule has 0 radical (unpaired) electrons. The molecule has 4 nitrogen and oxygen atoms in total. The minimum atomic E-state index is 0.0766. The van der Waals surface area contributed by atoms with Gasteiger partial charge in [-0.3, -0.25) is 4.81 Å². The number of pyridine rings is 2. The molecular weight excluding hydrogens is 369 g/mol. The molecule has 0 fully saturated rings. The monoisotopic (exact) mass is 394 g/mol. The summed E-state index contributed by atoms with van der Waals surface area (Å²) in [6, 6.07) is 17.0. The highest BCUT2D eigenvalue weighted by Gasteiger charge is 2.41. The topological polar surface area (TPSA) is 33.2 Å². The van der Waals surface area contributed by atoms with E-state index in [1.165, 1.54) is 22.4 Å². The SMILES string of the molecule is CB1c2oc3nc(C)ccc3c2C=C(C)N1c1cc(C)c(-c2ccccc2)c[n+]1C. The van der Waals surface area contributed by atoms with Crippen molar-refractivity contribution in [2.24, 2.45) is 7.05 Å². The molecule has 3 aromatic heterocycles. The number of fused-ring (bicyclic) bond motifs is 3. The normalized spacial score (nSPS) is 13.6. The minimum absolute atomic E-state index is 0.0766. The minimum Gasteiger partial charge on any atom is -0.447 e. The smallest absolute Gasteiger partial charge is 0.447 e. The fourth-order valence-corrected chi connectivity index (χ4v) is 4.54. The van der Waals surface area contributed by atoms with Crippen molar-refractivity contribution in [3.05, 3.63) is 77.2 Å². The largest absolute Gasteiger partial charge is 0.447 e. The first-order chi connectivity index (χ1) is 14.4. The molecule has 5 rings (SSSR count). The molecule has 0 N–H and O–H groups in total. The van der Waals surface area contributed by atoms with Crippen LogP contribution in [0.25, 0.3) is 28.3 Å².